The molecule has 3 saturated carbocycles. The first-order valence-corrected chi connectivity index (χ1v) is 12.2. The molecule has 3 aliphatic carbocycles. The van der Waals surface area contributed by atoms with E-state index in [0.717, 1.165) is 30.8 Å². The van der Waals surface area contributed by atoms with Crippen LogP contribution in [-0.2, 0) is 4.74 Å². The van der Waals surface area contributed by atoms with Crippen LogP contribution in [0.1, 0.15) is 110 Å². The van der Waals surface area contributed by atoms with Gasteiger partial charge in [0.25, 0.3) is 0 Å². The van der Waals surface area contributed by atoms with Crippen LogP contribution < -0.4 is 0 Å². The molecule has 0 N–H and O–H groups in total. The fourth-order valence-corrected chi connectivity index (χ4v) is 6.66. The normalized spacial score (nSPS) is 40.4. The van der Waals surface area contributed by atoms with Crippen molar-refractivity contribution in [3.8, 4) is 6.07 Å². The summed E-state index contributed by atoms with van der Waals surface area (Å²) in [5, 5.41) is 10.1. The van der Waals surface area contributed by atoms with Gasteiger partial charge in [-0.1, -0.05) is 39.5 Å². The Bertz CT molecular complexity index is 457. The van der Waals surface area contributed by atoms with Crippen LogP contribution >= 0.6 is 0 Å². The monoisotopic (exact) mass is 373 g/mol. The number of nitriles is 1. The van der Waals surface area contributed by atoms with Crippen LogP contribution in [-0.4, -0.2) is 12.7 Å². The summed E-state index contributed by atoms with van der Waals surface area (Å²) in [5.41, 5.74) is -0.00829. The van der Waals surface area contributed by atoms with Gasteiger partial charge in [-0.3, -0.25) is 0 Å². The molecule has 154 valence electrons. The minimum absolute atomic E-state index is 0.00829. The Kier molecular flexibility index (Phi) is 8.07. The van der Waals surface area contributed by atoms with Gasteiger partial charge in [0.1, 0.15) is 0 Å². The second kappa shape index (κ2) is 10.3. The van der Waals surface area contributed by atoms with Crippen molar-refractivity contribution in [3.05, 3.63) is 0 Å². The molecule has 0 amide bonds. The first-order chi connectivity index (χ1) is 13.2. The largest absolute Gasteiger partial charge is 0.378 e. The Morgan fingerprint density at radius 1 is 0.815 bits per heavy atom. The SMILES string of the molecule is CCCOC1CCC(C2(C#N)CCC(C3CCC(CCC)CC3)CC2)CC1. The third-order valence-electron chi connectivity index (χ3n) is 8.41. The van der Waals surface area contributed by atoms with E-state index in [1.807, 2.05) is 0 Å². The van der Waals surface area contributed by atoms with Gasteiger partial charge in [0.2, 0.25) is 0 Å². The molecular formula is C25H43NO. The lowest BCUT2D eigenvalue weighted by molar-refractivity contribution is -0.00695. The van der Waals surface area contributed by atoms with E-state index >= 15 is 0 Å². The van der Waals surface area contributed by atoms with Gasteiger partial charge >= 0.3 is 0 Å². The number of rotatable bonds is 7. The van der Waals surface area contributed by atoms with Gasteiger partial charge in [0, 0.05) is 6.61 Å². The Balaban J connectivity index is 1.46. The van der Waals surface area contributed by atoms with E-state index in [-0.39, 0.29) is 5.41 Å². The van der Waals surface area contributed by atoms with E-state index in [2.05, 4.69) is 19.9 Å². The Morgan fingerprint density at radius 2 is 1.44 bits per heavy atom. The summed E-state index contributed by atoms with van der Waals surface area (Å²) in [6.45, 7) is 5.42. The number of ether oxygens (including phenoxy) is 1. The van der Waals surface area contributed by atoms with E-state index in [9.17, 15) is 5.26 Å². The molecule has 2 heteroatoms. The summed E-state index contributed by atoms with van der Waals surface area (Å²) < 4.78 is 5.97. The summed E-state index contributed by atoms with van der Waals surface area (Å²) in [6, 6.07) is 2.85. The van der Waals surface area contributed by atoms with Gasteiger partial charge in [-0.15, -0.1) is 0 Å². The van der Waals surface area contributed by atoms with Crippen molar-refractivity contribution in [1.82, 2.24) is 0 Å². The van der Waals surface area contributed by atoms with Gasteiger partial charge in [0.15, 0.2) is 0 Å². The van der Waals surface area contributed by atoms with Gasteiger partial charge < -0.3 is 4.74 Å². The summed E-state index contributed by atoms with van der Waals surface area (Å²) in [5.74, 6) is 3.52. The minimum atomic E-state index is -0.00829. The highest BCUT2D eigenvalue weighted by molar-refractivity contribution is 5.06. The lowest BCUT2D eigenvalue weighted by Crippen LogP contribution is -2.38. The average Bonchev–Trinajstić information content (AvgIpc) is 2.73. The van der Waals surface area contributed by atoms with Crippen LogP contribution in [0.15, 0.2) is 0 Å². The van der Waals surface area contributed by atoms with Gasteiger partial charge in [-0.05, 0) is 94.3 Å². The molecule has 0 aliphatic heterocycles. The van der Waals surface area contributed by atoms with Crippen molar-refractivity contribution in [2.24, 2.45) is 29.1 Å². The second-order valence-electron chi connectivity index (χ2n) is 10.0. The maximum absolute atomic E-state index is 10.1. The fraction of sp³-hybridized carbons (Fsp3) is 0.960. The highest BCUT2D eigenvalue weighted by Gasteiger charge is 2.44. The number of nitrogens with zero attached hydrogens (tertiary/aromatic N) is 1. The molecular weight excluding hydrogens is 330 g/mol. The third kappa shape index (κ3) is 5.29. The predicted molar refractivity (Wildman–Crippen MR) is 112 cm³/mol. The van der Waals surface area contributed by atoms with E-state index in [0.29, 0.717) is 12.0 Å². The van der Waals surface area contributed by atoms with Gasteiger partial charge in [0.05, 0.1) is 17.6 Å². The predicted octanol–water partition coefficient (Wildman–Crippen LogP) is 7.28. The molecule has 0 radical (unpaired) electrons. The molecule has 0 heterocycles. The molecule has 3 fully saturated rings. The maximum atomic E-state index is 10.1. The molecule has 0 aromatic carbocycles. The van der Waals surface area contributed by atoms with Gasteiger partial charge in [-0.2, -0.15) is 5.26 Å². The molecule has 0 unspecified atom stereocenters. The fourth-order valence-electron chi connectivity index (χ4n) is 6.66. The van der Waals surface area contributed by atoms with Crippen LogP contribution in [0.3, 0.4) is 0 Å². The zero-order valence-electron chi connectivity index (χ0n) is 18.1. The van der Waals surface area contributed by atoms with Crippen LogP contribution in [0.25, 0.3) is 0 Å². The first-order valence-electron chi connectivity index (χ1n) is 12.2. The Hall–Kier alpha value is -0.550. The summed E-state index contributed by atoms with van der Waals surface area (Å²) in [4.78, 5) is 0. The molecule has 27 heavy (non-hydrogen) atoms. The smallest absolute Gasteiger partial charge is 0.0692 e. The topological polar surface area (TPSA) is 33.0 Å². The maximum Gasteiger partial charge on any atom is 0.0692 e. The molecule has 0 aromatic heterocycles. The molecule has 3 rings (SSSR count). The second-order valence-corrected chi connectivity index (χ2v) is 10.0. The van der Waals surface area contributed by atoms with Crippen molar-refractivity contribution in [2.45, 2.75) is 116 Å². The minimum Gasteiger partial charge on any atom is -0.378 e. The quantitative estimate of drug-likeness (QED) is 0.470. The average molecular weight is 374 g/mol. The molecule has 0 saturated heterocycles. The van der Waals surface area contributed by atoms with Crippen LogP contribution in [0, 0.1) is 40.4 Å². The van der Waals surface area contributed by atoms with Crippen molar-refractivity contribution >= 4 is 0 Å². The Labute approximate surface area is 168 Å². The van der Waals surface area contributed by atoms with Crippen LogP contribution in [0.5, 0.6) is 0 Å². The van der Waals surface area contributed by atoms with Crippen molar-refractivity contribution in [2.75, 3.05) is 6.61 Å². The standard InChI is InChI=1S/C25H43NO/c1-3-5-20-6-8-21(9-7-20)22-14-16-25(19-26,17-15-22)23-10-12-24(13-11-23)27-18-4-2/h20-24H,3-18H2,1-2H3. The van der Waals surface area contributed by atoms with Gasteiger partial charge in [-0.25, -0.2) is 0 Å². The molecule has 2 nitrogen and oxygen atoms in total. The number of hydrogen-bond donors (Lipinski definition) is 0. The molecule has 0 atom stereocenters. The zero-order chi connectivity index (χ0) is 19.1. The number of hydrogen-bond acceptors (Lipinski definition) is 2. The van der Waals surface area contributed by atoms with E-state index in [1.165, 1.54) is 89.9 Å². The molecule has 0 aromatic rings. The lowest BCUT2D eigenvalue weighted by Gasteiger charge is -2.45. The van der Waals surface area contributed by atoms with E-state index < -0.39 is 0 Å². The third-order valence-corrected chi connectivity index (χ3v) is 8.41. The van der Waals surface area contributed by atoms with Crippen LogP contribution in [0.2, 0.25) is 0 Å². The highest BCUT2D eigenvalue weighted by atomic mass is 16.5. The lowest BCUT2D eigenvalue weighted by atomic mass is 9.58. The van der Waals surface area contributed by atoms with E-state index in [1.54, 1.807) is 0 Å². The molecule has 0 spiro atoms. The first kappa shape index (κ1) is 21.2. The van der Waals surface area contributed by atoms with Crippen LogP contribution in [0.4, 0.5) is 0 Å². The van der Waals surface area contributed by atoms with Crippen molar-refractivity contribution in [3.63, 3.8) is 0 Å². The summed E-state index contributed by atoms with van der Waals surface area (Å²) in [7, 11) is 0. The van der Waals surface area contributed by atoms with Crippen molar-refractivity contribution in [1.29, 1.82) is 5.26 Å². The molecule has 3 aliphatic rings. The summed E-state index contributed by atoms with van der Waals surface area (Å²) in [6.07, 6.45) is 20.0. The zero-order valence-corrected chi connectivity index (χ0v) is 18.1. The summed E-state index contributed by atoms with van der Waals surface area (Å²) >= 11 is 0. The van der Waals surface area contributed by atoms with E-state index in [4.69, 9.17) is 4.74 Å². The van der Waals surface area contributed by atoms with Crippen molar-refractivity contribution < 1.29 is 4.74 Å². The molecule has 0 bridgehead atoms. The highest BCUT2D eigenvalue weighted by Crippen LogP contribution is 2.52. The Morgan fingerprint density at radius 3 is 2.00 bits per heavy atom.